The maximum Gasteiger partial charge on any atom is 0.429 e. The number of amides is 1. The van der Waals surface area contributed by atoms with Crippen LogP contribution in [0.2, 0.25) is 0 Å². The Morgan fingerprint density at radius 1 is 1.46 bits per heavy atom. The molecule has 1 aromatic rings. The number of anilines is 1. The van der Waals surface area contributed by atoms with Gasteiger partial charge in [0.1, 0.15) is 5.60 Å². The van der Waals surface area contributed by atoms with E-state index in [9.17, 15) is 13.6 Å². The summed E-state index contributed by atoms with van der Waals surface area (Å²) in [5, 5.41) is 2.57. The van der Waals surface area contributed by atoms with Crippen LogP contribution in [0.4, 0.5) is 19.4 Å². The topological polar surface area (TPSA) is 45.7 Å². The van der Waals surface area contributed by atoms with E-state index in [1.807, 2.05) is 6.92 Å². The normalized spacial score (nSPS) is 14.2. The molecule has 0 aromatic carbocycles. The highest BCUT2D eigenvalue weighted by Gasteiger charge is 2.32. The van der Waals surface area contributed by atoms with Gasteiger partial charge in [-0.2, -0.15) is 0 Å². The maximum absolute atomic E-state index is 14.4. The molecule has 0 aliphatic carbocycles. The molecular formula is C17H19F2N3O2. The third kappa shape index (κ3) is 4.22. The van der Waals surface area contributed by atoms with E-state index >= 15 is 0 Å². The fourth-order valence-electron chi connectivity index (χ4n) is 2.08. The summed E-state index contributed by atoms with van der Waals surface area (Å²) in [6.45, 7) is 6.54. The van der Waals surface area contributed by atoms with Crippen LogP contribution in [0.5, 0.6) is 0 Å². The van der Waals surface area contributed by atoms with Gasteiger partial charge in [-0.3, -0.25) is 0 Å². The van der Waals surface area contributed by atoms with Gasteiger partial charge in [0.15, 0.2) is 18.3 Å². The number of pyridine rings is 1. The van der Waals surface area contributed by atoms with Crippen molar-refractivity contribution in [2.45, 2.75) is 33.3 Å². The predicted octanol–water partition coefficient (Wildman–Crippen LogP) is 3.42. The molecule has 1 aliphatic heterocycles. The Balaban J connectivity index is 2.29. The minimum Gasteiger partial charge on any atom is -0.442 e. The van der Waals surface area contributed by atoms with Gasteiger partial charge in [-0.15, -0.1) is 0 Å². The van der Waals surface area contributed by atoms with Crippen LogP contribution >= 0.6 is 0 Å². The molecule has 0 saturated carbocycles. The second-order valence-corrected chi connectivity index (χ2v) is 6.32. The van der Waals surface area contributed by atoms with Crippen molar-refractivity contribution >= 4 is 11.9 Å². The highest BCUT2D eigenvalue weighted by atomic mass is 19.1. The molecule has 1 amide bonds. The Morgan fingerprint density at radius 2 is 2.17 bits per heavy atom. The molecule has 128 valence electrons. The summed E-state index contributed by atoms with van der Waals surface area (Å²) < 4.78 is 31.8. The number of aromatic nitrogens is 1. The molecule has 0 fully saturated rings. The second kappa shape index (κ2) is 6.87. The van der Waals surface area contributed by atoms with Crippen LogP contribution in [0.1, 0.15) is 33.3 Å². The molecular weight excluding hydrogens is 316 g/mol. The summed E-state index contributed by atoms with van der Waals surface area (Å²) >= 11 is 0. The lowest BCUT2D eigenvalue weighted by atomic mass is 10.2. The van der Waals surface area contributed by atoms with Gasteiger partial charge in [0.05, 0.1) is 6.54 Å². The molecule has 0 N–H and O–H groups in total. The Kier molecular flexibility index (Phi) is 5.07. The number of nitrogens with zero attached hydrogens (tertiary/aromatic N) is 3. The average Bonchev–Trinajstić information content (AvgIpc) is 2.85. The molecule has 0 saturated heterocycles. The first-order valence-electron chi connectivity index (χ1n) is 7.38. The van der Waals surface area contributed by atoms with E-state index in [1.165, 1.54) is 16.2 Å². The number of hydrogen-bond acceptors (Lipinski definition) is 4. The molecule has 1 aromatic heterocycles. The third-order valence-electron chi connectivity index (χ3n) is 2.94. The zero-order chi connectivity index (χ0) is 17.9. The lowest BCUT2D eigenvalue weighted by Gasteiger charge is -2.30. The van der Waals surface area contributed by atoms with Crippen LogP contribution < -0.4 is 5.01 Å². The third-order valence-corrected chi connectivity index (χ3v) is 2.94. The Morgan fingerprint density at radius 3 is 2.75 bits per heavy atom. The standard InChI is InChI=1S/C17H19F2N3O2/c1-12-10-21(22(11-12)16(23)24-17(2,3)4)15-14(19)8-13(9-20-15)6-5-7-18/h8-10H,7,11H2,1-4H3. The molecule has 0 radical (unpaired) electrons. The van der Waals surface area contributed by atoms with Crippen LogP contribution in [0, 0.1) is 17.7 Å². The molecule has 0 unspecified atom stereocenters. The fourth-order valence-corrected chi connectivity index (χ4v) is 2.08. The van der Waals surface area contributed by atoms with Crippen LogP contribution in [-0.2, 0) is 4.74 Å². The van der Waals surface area contributed by atoms with Crippen LogP contribution in [0.25, 0.3) is 0 Å². The van der Waals surface area contributed by atoms with Crippen molar-refractivity contribution in [1.29, 1.82) is 0 Å². The maximum atomic E-state index is 14.4. The lowest BCUT2D eigenvalue weighted by molar-refractivity contribution is 0.0277. The van der Waals surface area contributed by atoms with E-state index < -0.39 is 24.2 Å². The van der Waals surface area contributed by atoms with E-state index in [1.54, 1.807) is 27.0 Å². The zero-order valence-electron chi connectivity index (χ0n) is 14.1. The van der Waals surface area contributed by atoms with Crippen molar-refractivity contribution < 1.29 is 18.3 Å². The van der Waals surface area contributed by atoms with Gasteiger partial charge < -0.3 is 4.74 Å². The van der Waals surface area contributed by atoms with E-state index in [-0.39, 0.29) is 17.9 Å². The number of carbonyl (C=O) groups is 1. The van der Waals surface area contributed by atoms with Gasteiger partial charge in [0.25, 0.3) is 0 Å². The van der Waals surface area contributed by atoms with Gasteiger partial charge >= 0.3 is 6.09 Å². The first-order chi connectivity index (χ1) is 11.2. The SMILES string of the molecule is CC1=CN(c2ncc(C#CCF)cc2F)N(C(=O)OC(C)(C)C)C1. The number of alkyl halides is 1. The first kappa shape index (κ1) is 17.7. The lowest BCUT2D eigenvalue weighted by Crippen LogP contribution is -2.44. The summed E-state index contributed by atoms with van der Waals surface area (Å²) in [6.07, 6.45) is 2.34. The highest BCUT2D eigenvalue weighted by Crippen LogP contribution is 2.26. The molecule has 0 spiro atoms. The van der Waals surface area contributed by atoms with Crippen molar-refractivity contribution in [2.24, 2.45) is 0 Å². The summed E-state index contributed by atoms with van der Waals surface area (Å²) in [4.78, 5) is 16.3. The predicted molar refractivity (Wildman–Crippen MR) is 86.2 cm³/mol. The minimum absolute atomic E-state index is 0.0523. The second-order valence-electron chi connectivity index (χ2n) is 6.32. The Labute approximate surface area is 139 Å². The number of hydrogen-bond donors (Lipinski definition) is 0. The summed E-state index contributed by atoms with van der Waals surface area (Å²) in [5.41, 5.74) is 0.442. The number of halogens is 2. The summed E-state index contributed by atoms with van der Waals surface area (Å²) in [7, 11) is 0. The zero-order valence-corrected chi connectivity index (χ0v) is 14.1. The van der Waals surface area contributed by atoms with Gasteiger partial charge in [-0.05, 0) is 39.3 Å². The highest BCUT2D eigenvalue weighted by molar-refractivity contribution is 5.73. The van der Waals surface area contributed by atoms with E-state index in [4.69, 9.17) is 4.74 Å². The number of carbonyl (C=O) groups excluding carboxylic acids is 1. The Hall–Kier alpha value is -2.62. The number of rotatable bonds is 1. The molecule has 1 aliphatic rings. The van der Waals surface area contributed by atoms with Crippen molar-refractivity contribution in [3.05, 3.63) is 35.4 Å². The average molecular weight is 335 g/mol. The monoisotopic (exact) mass is 335 g/mol. The van der Waals surface area contributed by atoms with E-state index in [0.29, 0.717) is 0 Å². The first-order valence-corrected chi connectivity index (χ1v) is 7.38. The Bertz CT molecular complexity index is 730. The van der Waals surface area contributed by atoms with Gasteiger partial charge in [-0.25, -0.2) is 28.6 Å². The van der Waals surface area contributed by atoms with Gasteiger partial charge in [0.2, 0.25) is 0 Å². The molecule has 2 heterocycles. The van der Waals surface area contributed by atoms with Crippen molar-refractivity contribution in [1.82, 2.24) is 9.99 Å². The summed E-state index contributed by atoms with van der Waals surface area (Å²) in [6, 6.07) is 1.15. The molecule has 7 heteroatoms. The van der Waals surface area contributed by atoms with E-state index in [2.05, 4.69) is 16.8 Å². The summed E-state index contributed by atoms with van der Waals surface area (Å²) in [5.74, 6) is 3.95. The van der Waals surface area contributed by atoms with Gasteiger partial charge in [0, 0.05) is 18.0 Å². The molecule has 2 rings (SSSR count). The van der Waals surface area contributed by atoms with Crippen LogP contribution in [-0.4, -0.2) is 34.9 Å². The van der Waals surface area contributed by atoms with Crippen molar-refractivity contribution in [3.63, 3.8) is 0 Å². The quantitative estimate of drug-likeness (QED) is 0.738. The molecule has 5 nitrogen and oxygen atoms in total. The smallest absolute Gasteiger partial charge is 0.429 e. The fraction of sp³-hybridized carbons (Fsp3) is 0.412. The number of hydrazine groups is 1. The molecule has 0 bridgehead atoms. The van der Waals surface area contributed by atoms with Crippen LogP contribution in [0.15, 0.2) is 24.0 Å². The largest absolute Gasteiger partial charge is 0.442 e. The number of ether oxygens (including phenoxy) is 1. The van der Waals surface area contributed by atoms with Crippen molar-refractivity contribution in [3.8, 4) is 11.8 Å². The minimum atomic E-state index is -0.816. The molecule has 24 heavy (non-hydrogen) atoms. The van der Waals surface area contributed by atoms with Gasteiger partial charge in [-0.1, -0.05) is 11.8 Å². The van der Waals surface area contributed by atoms with Crippen LogP contribution in [0.3, 0.4) is 0 Å². The van der Waals surface area contributed by atoms with E-state index in [0.717, 1.165) is 11.6 Å². The van der Waals surface area contributed by atoms with Crippen molar-refractivity contribution in [2.75, 3.05) is 18.2 Å². The molecule has 0 atom stereocenters.